The molecule has 0 radical (unpaired) electrons. The molecule has 2 aromatic carbocycles. The van der Waals surface area contributed by atoms with E-state index in [1.807, 2.05) is 0 Å². The van der Waals surface area contributed by atoms with Crippen molar-refractivity contribution in [1.29, 1.82) is 0 Å². The number of hydrogen-bond donors (Lipinski definition) is 1. The minimum Gasteiger partial charge on any atom is -0.342 e. The van der Waals surface area contributed by atoms with Crippen molar-refractivity contribution in [2.24, 2.45) is 0 Å². The van der Waals surface area contributed by atoms with Gasteiger partial charge < -0.3 is 4.98 Å². The van der Waals surface area contributed by atoms with E-state index in [0.717, 1.165) is 29.7 Å². The van der Waals surface area contributed by atoms with Crippen LogP contribution in [0.2, 0.25) is 0 Å². The Morgan fingerprint density at radius 1 is 0.900 bits per heavy atom. The molecule has 0 saturated heterocycles. The lowest BCUT2D eigenvalue weighted by molar-refractivity contribution is 0.889. The minimum absolute atomic E-state index is 0.954. The first kappa shape index (κ1) is 12.9. The maximum Gasteiger partial charge on any atom is 0.107 e. The zero-order valence-corrected chi connectivity index (χ0v) is 12.3. The van der Waals surface area contributed by atoms with Crippen LogP contribution in [0.4, 0.5) is 0 Å². The maximum absolute atomic E-state index is 4.69. The molecule has 0 aliphatic carbocycles. The van der Waals surface area contributed by atoms with Gasteiger partial charge in [0.15, 0.2) is 0 Å². The molecule has 0 amide bonds. The number of rotatable bonds is 3. The number of aryl methyl sites for hydroxylation is 5. The van der Waals surface area contributed by atoms with Crippen LogP contribution >= 0.6 is 0 Å². The number of H-pyrrole nitrogens is 1. The van der Waals surface area contributed by atoms with E-state index in [9.17, 15) is 0 Å². The van der Waals surface area contributed by atoms with Crippen LogP contribution in [0.1, 0.15) is 28.1 Å². The summed E-state index contributed by atoms with van der Waals surface area (Å²) in [6, 6.07) is 13.1. The first-order chi connectivity index (χ1) is 9.61. The monoisotopic (exact) mass is 264 g/mol. The van der Waals surface area contributed by atoms with Gasteiger partial charge in [0.2, 0.25) is 0 Å². The molecule has 0 fully saturated rings. The molecule has 0 bridgehead atoms. The van der Waals surface area contributed by atoms with Gasteiger partial charge in [0.1, 0.15) is 5.82 Å². The normalized spacial score (nSPS) is 11.2. The number of imidazole rings is 1. The second-order valence-electron chi connectivity index (χ2n) is 5.62. The number of aromatic nitrogens is 2. The predicted octanol–water partition coefficient (Wildman–Crippen LogP) is 4.27. The summed E-state index contributed by atoms with van der Waals surface area (Å²) in [5.41, 5.74) is 7.51. The molecule has 3 rings (SSSR count). The molecule has 1 aromatic heterocycles. The van der Waals surface area contributed by atoms with Crippen LogP contribution < -0.4 is 0 Å². The molecule has 0 saturated carbocycles. The van der Waals surface area contributed by atoms with Gasteiger partial charge in [0, 0.05) is 6.42 Å². The van der Waals surface area contributed by atoms with Crippen molar-refractivity contribution >= 4 is 11.0 Å². The van der Waals surface area contributed by atoms with E-state index in [-0.39, 0.29) is 0 Å². The molecule has 20 heavy (non-hydrogen) atoms. The molecule has 3 aromatic rings. The van der Waals surface area contributed by atoms with Crippen molar-refractivity contribution in [3.63, 3.8) is 0 Å². The highest BCUT2D eigenvalue weighted by atomic mass is 14.9. The molecule has 0 unspecified atom stereocenters. The fraction of sp³-hybridized carbons (Fsp3) is 0.278. The van der Waals surface area contributed by atoms with Gasteiger partial charge in [-0.1, -0.05) is 29.8 Å². The van der Waals surface area contributed by atoms with Crippen LogP contribution in [0.25, 0.3) is 11.0 Å². The topological polar surface area (TPSA) is 28.7 Å². The summed E-state index contributed by atoms with van der Waals surface area (Å²) in [7, 11) is 0. The molecule has 0 aliphatic rings. The Morgan fingerprint density at radius 3 is 2.35 bits per heavy atom. The quantitative estimate of drug-likeness (QED) is 0.751. The lowest BCUT2D eigenvalue weighted by atomic mass is 10.1. The molecule has 102 valence electrons. The molecule has 1 heterocycles. The van der Waals surface area contributed by atoms with E-state index in [4.69, 9.17) is 4.98 Å². The highest BCUT2D eigenvalue weighted by Gasteiger charge is 2.05. The highest BCUT2D eigenvalue weighted by molar-refractivity contribution is 5.77. The van der Waals surface area contributed by atoms with Crippen molar-refractivity contribution < 1.29 is 0 Å². The third-order valence-corrected chi connectivity index (χ3v) is 3.92. The standard InChI is InChI=1S/C18H20N2/c1-12-4-6-15(7-5-12)8-9-18-19-16-10-13(2)14(3)11-17(16)20-18/h4-7,10-11H,8-9H2,1-3H3,(H,19,20). The Balaban J connectivity index is 1.79. The summed E-state index contributed by atoms with van der Waals surface area (Å²) in [5, 5.41) is 0. The zero-order chi connectivity index (χ0) is 14.1. The predicted molar refractivity (Wildman–Crippen MR) is 84.2 cm³/mol. The molecule has 2 nitrogen and oxygen atoms in total. The third kappa shape index (κ3) is 2.60. The zero-order valence-electron chi connectivity index (χ0n) is 12.3. The SMILES string of the molecule is Cc1ccc(CCc2nc3cc(C)c(C)cc3[nH]2)cc1. The molecular weight excluding hydrogens is 244 g/mol. The van der Waals surface area contributed by atoms with E-state index in [0.29, 0.717) is 0 Å². The summed E-state index contributed by atoms with van der Waals surface area (Å²) in [6.07, 6.45) is 1.98. The van der Waals surface area contributed by atoms with E-state index < -0.39 is 0 Å². The van der Waals surface area contributed by atoms with Crippen LogP contribution in [0.3, 0.4) is 0 Å². The van der Waals surface area contributed by atoms with Crippen LogP contribution in [0.15, 0.2) is 36.4 Å². The van der Waals surface area contributed by atoms with E-state index in [1.165, 1.54) is 22.3 Å². The van der Waals surface area contributed by atoms with Crippen molar-refractivity contribution in [3.8, 4) is 0 Å². The first-order valence-electron chi connectivity index (χ1n) is 7.13. The first-order valence-corrected chi connectivity index (χ1v) is 7.13. The Hall–Kier alpha value is -2.09. The van der Waals surface area contributed by atoms with Gasteiger partial charge in [-0.2, -0.15) is 0 Å². The molecule has 0 aliphatic heterocycles. The molecule has 0 atom stereocenters. The second kappa shape index (κ2) is 5.12. The lowest BCUT2D eigenvalue weighted by Gasteiger charge is -1.99. The average Bonchev–Trinajstić information content (AvgIpc) is 2.80. The maximum atomic E-state index is 4.69. The van der Waals surface area contributed by atoms with E-state index >= 15 is 0 Å². The second-order valence-corrected chi connectivity index (χ2v) is 5.62. The van der Waals surface area contributed by atoms with E-state index in [1.54, 1.807) is 0 Å². The molecule has 2 heteroatoms. The summed E-state index contributed by atoms with van der Waals surface area (Å²) in [5.74, 6) is 1.07. The average molecular weight is 264 g/mol. The summed E-state index contributed by atoms with van der Waals surface area (Å²) in [4.78, 5) is 8.13. The third-order valence-electron chi connectivity index (χ3n) is 3.92. The number of fused-ring (bicyclic) bond motifs is 1. The van der Waals surface area contributed by atoms with Crippen LogP contribution in [0, 0.1) is 20.8 Å². The van der Waals surface area contributed by atoms with Gasteiger partial charge in [-0.25, -0.2) is 4.98 Å². The number of nitrogens with one attached hydrogen (secondary N) is 1. The fourth-order valence-corrected chi connectivity index (χ4v) is 2.46. The minimum atomic E-state index is 0.954. The lowest BCUT2D eigenvalue weighted by Crippen LogP contribution is -1.93. The van der Waals surface area contributed by atoms with Gasteiger partial charge >= 0.3 is 0 Å². The van der Waals surface area contributed by atoms with Gasteiger partial charge in [0.05, 0.1) is 11.0 Å². The number of benzene rings is 2. The molecule has 1 N–H and O–H groups in total. The Kier molecular flexibility index (Phi) is 3.31. The van der Waals surface area contributed by atoms with Crippen LogP contribution in [-0.4, -0.2) is 9.97 Å². The Bertz CT molecular complexity index is 697. The number of aromatic amines is 1. The molecule has 0 spiro atoms. The number of nitrogens with zero attached hydrogens (tertiary/aromatic N) is 1. The van der Waals surface area contributed by atoms with Crippen LogP contribution in [0.5, 0.6) is 0 Å². The fourth-order valence-electron chi connectivity index (χ4n) is 2.46. The molecular formula is C18H20N2. The summed E-state index contributed by atoms with van der Waals surface area (Å²) in [6.45, 7) is 6.39. The number of hydrogen-bond acceptors (Lipinski definition) is 1. The Morgan fingerprint density at radius 2 is 1.60 bits per heavy atom. The highest BCUT2D eigenvalue weighted by Crippen LogP contribution is 2.18. The Labute approximate surface area is 119 Å². The largest absolute Gasteiger partial charge is 0.342 e. The van der Waals surface area contributed by atoms with Crippen molar-refractivity contribution in [3.05, 3.63) is 64.5 Å². The summed E-state index contributed by atoms with van der Waals surface area (Å²) < 4.78 is 0. The van der Waals surface area contributed by atoms with Gasteiger partial charge in [-0.05, 0) is 56.0 Å². The smallest absolute Gasteiger partial charge is 0.107 e. The van der Waals surface area contributed by atoms with Gasteiger partial charge in [-0.3, -0.25) is 0 Å². The van der Waals surface area contributed by atoms with Crippen molar-refractivity contribution in [2.45, 2.75) is 33.6 Å². The van der Waals surface area contributed by atoms with E-state index in [2.05, 4.69) is 62.2 Å². The van der Waals surface area contributed by atoms with Gasteiger partial charge in [-0.15, -0.1) is 0 Å². The van der Waals surface area contributed by atoms with Gasteiger partial charge in [0.25, 0.3) is 0 Å². The van der Waals surface area contributed by atoms with Crippen molar-refractivity contribution in [1.82, 2.24) is 9.97 Å². The summed E-state index contributed by atoms with van der Waals surface area (Å²) >= 11 is 0. The van der Waals surface area contributed by atoms with Crippen molar-refractivity contribution in [2.75, 3.05) is 0 Å². The van der Waals surface area contributed by atoms with Crippen LogP contribution in [-0.2, 0) is 12.8 Å².